The highest BCUT2D eigenvalue weighted by Crippen LogP contribution is 2.31. The zero-order valence-electron chi connectivity index (χ0n) is 24.1. The van der Waals surface area contributed by atoms with Gasteiger partial charge in [0, 0.05) is 36.3 Å². The van der Waals surface area contributed by atoms with Gasteiger partial charge in [-0.25, -0.2) is 4.39 Å². The molecular formula is C33H34FN5O4. The van der Waals surface area contributed by atoms with Crippen LogP contribution in [0, 0.1) is 5.82 Å². The highest BCUT2D eigenvalue weighted by atomic mass is 19.1. The van der Waals surface area contributed by atoms with E-state index in [2.05, 4.69) is 27.4 Å². The summed E-state index contributed by atoms with van der Waals surface area (Å²) in [7, 11) is 0. The lowest BCUT2D eigenvalue weighted by atomic mass is 10.1. The lowest BCUT2D eigenvalue weighted by Gasteiger charge is -2.20. The molecule has 6 rings (SSSR count). The molecule has 0 atom stereocenters. The number of nitrogens with one attached hydrogen (secondary N) is 2. The quantitative estimate of drug-likeness (QED) is 0.310. The predicted octanol–water partition coefficient (Wildman–Crippen LogP) is 5.18. The highest BCUT2D eigenvalue weighted by molar-refractivity contribution is 6.12. The molecule has 2 N–H and O–H groups in total. The molecule has 1 aromatic heterocycles. The maximum atomic E-state index is 14.8. The highest BCUT2D eigenvalue weighted by Gasteiger charge is 2.19. The van der Waals surface area contributed by atoms with Crippen molar-refractivity contribution in [1.82, 2.24) is 14.8 Å². The molecule has 4 aromatic rings. The minimum atomic E-state index is -0.623. The van der Waals surface area contributed by atoms with Crippen molar-refractivity contribution in [2.45, 2.75) is 19.9 Å². The number of para-hydroxylation sites is 1. The van der Waals surface area contributed by atoms with Gasteiger partial charge >= 0.3 is 0 Å². The predicted molar refractivity (Wildman–Crippen MR) is 163 cm³/mol. The molecule has 0 unspecified atom stereocenters. The Hall–Kier alpha value is -4.54. The number of hydrogen-bond donors (Lipinski definition) is 2. The second-order valence-corrected chi connectivity index (χ2v) is 10.7. The number of hydrogen-bond acceptors (Lipinski definition) is 7. The zero-order valence-corrected chi connectivity index (χ0v) is 24.1. The number of anilines is 2. The first kappa shape index (κ1) is 28.6. The van der Waals surface area contributed by atoms with Crippen LogP contribution in [0.15, 0.2) is 66.7 Å². The third-order valence-corrected chi connectivity index (χ3v) is 7.81. The van der Waals surface area contributed by atoms with Crippen LogP contribution in [0.3, 0.4) is 0 Å². The molecule has 3 heterocycles. The Bertz CT molecular complexity index is 1660. The molecule has 9 nitrogen and oxygen atoms in total. The molecule has 3 aromatic carbocycles. The number of pyridine rings is 1. The number of aromatic nitrogens is 1. The summed E-state index contributed by atoms with van der Waals surface area (Å²) in [5.74, 6) is -0.444. The van der Waals surface area contributed by atoms with E-state index in [0.717, 1.165) is 50.2 Å². The van der Waals surface area contributed by atoms with Gasteiger partial charge < -0.3 is 25.0 Å². The topological polar surface area (TPSA) is 96.0 Å². The average Bonchev–Trinajstić information content (AvgIpc) is 3.27. The van der Waals surface area contributed by atoms with E-state index in [4.69, 9.17) is 14.5 Å². The van der Waals surface area contributed by atoms with Crippen molar-refractivity contribution in [2.24, 2.45) is 0 Å². The molecule has 1 saturated heterocycles. The van der Waals surface area contributed by atoms with E-state index >= 15 is 0 Å². The normalized spacial score (nSPS) is 15.6. The number of ether oxygens (including phenoxy) is 2. The van der Waals surface area contributed by atoms with Gasteiger partial charge in [-0.15, -0.1) is 0 Å². The number of benzene rings is 3. The van der Waals surface area contributed by atoms with Gasteiger partial charge in [0.15, 0.2) is 11.5 Å². The number of fused-ring (bicyclic) bond motifs is 2. The molecule has 0 spiro atoms. The van der Waals surface area contributed by atoms with Crippen molar-refractivity contribution < 1.29 is 23.5 Å². The van der Waals surface area contributed by atoms with E-state index in [1.807, 2.05) is 18.2 Å². The summed E-state index contributed by atoms with van der Waals surface area (Å²) in [6, 6.07) is 18.3. The number of rotatable bonds is 7. The third kappa shape index (κ3) is 6.60. The maximum absolute atomic E-state index is 14.8. The number of likely N-dealkylation sites (N-methyl/N-ethyl adjacent to an activating group) is 1. The second kappa shape index (κ2) is 12.8. The van der Waals surface area contributed by atoms with Gasteiger partial charge in [0.1, 0.15) is 19.0 Å². The van der Waals surface area contributed by atoms with E-state index in [1.54, 1.807) is 30.3 Å². The van der Waals surface area contributed by atoms with Gasteiger partial charge in [0.2, 0.25) is 0 Å². The Balaban J connectivity index is 1.18. The van der Waals surface area contributed by atoms with E-state index in [1.165, 1.54) is 18.2 Å². The van der Waals surface area contributed by atoms with Crippen LogP contribution in [0.1, 0.15) is 39.8 Å². The number of amides is 2. The third-order valence-electron chi connectivity index (χ3n) is 7.81. The molecule has 2 aliphatic heterocycles. The van der Waals surface area contributed by atoms with E-state index in [0.29, 0.717) is 53.6 Å². The van der Waals surface area contributed by atoms with Gasteiger partial charge in [-0.3, -0.25) is 19.5 Å². The minimum absolute atomic E-state index is 0.0526. The zero-order chi connectivity index (χ0) is 29.8. The molecule has 2 aliphatic rings. The molecule has 0 aliphatic carbocycles. The molecule has 10 heteroatoms. The number of carbonyl (C=O) groups excluding carboxylic acids is 2. The van der Waals surface area contributed by atoms with E-state index in [-0.39, 0.29) is 5.69 Å². The summed E-state index contributed by atoms with van der Waals surface area (Å²) in [5, 5.41) is 6.26. The van der Waals surface area contributed by atoms with Gasteiger partial charge in [-0.2, -0.15) is 0 Å². The fraction of sp³-hybridized carbons (Fsp3) is 0.303. The van der Waals surface area contributed by atoms with Crippen LogP contribution in [0.4, 0.5) is 15.8 Å². The van der Waals surface area contributed by atoms with Crippen LogP contribution in [0.25, 0.3) is 10.9 Å². The maximum Gasteiger partial charge on any atom is 0.257 e. The second-order valence-electron chi connectivity index (χ2n) is 10.7. The van der Waals surface area contributed by atoms with Crippen LogP contribution < -0.4 is 20.1 Å². The first-order valence-corrected chi connectivity index (χ1v) is 14.6. The van der Waals surface area contributed by atoms with Crippen LogP contribution in [-0.4, -0.2) is 72.5 Å². The molecular weight excluding hydrogens is 549 g/mol. The standard InChI is InChI=1S/C33H34FN5O4/c1-2-38-13-4-14-39(16-15-38)21-25-9-7-22-5-3-6-26(31(22)35-25)33(41)37-28-20-24(10-11-27(28)34)36-32(40)23-8-12-29-30(19-23)43-18-17-42-29/h3,5-12,19-20H,2,4,13-18,21H2,1H3,(H,36,40)(H,37,41). The fourth-order valence-corrected chi connectivity index (χ4v) is 5.46. The number of nitrogens with zero attached hydrogens (tertiary/aromatic N) is 3. The minimum Gasteiger partial charge on any atom is -0.486 e. The lowest BCUT2D eigenvalue weighted by molar-refractivity contribution is 0.101. The largest absolute Gasteiger partial charge is 0.486 e. The Kier molecular flexibility index (Phi) is 8.48. The molecule has 0 saturated carbocycles. The number of halogens is 1. The van der Waals surface area contributed by atoms with E-state index < -0.39 is 17.6 Å². The smallest absolute Gasteiger partial charge is 0.257 e. The molecule has 43 heavy (non-hydrogen) atoms. The van der Waals surface area contributed by atoms with Crippen LogP contribution >= 0.6 is 0 Å². The van der Waals surface area contributed by atoms with Gasteiger partial charge in [0.05, 0.1) is 22.5 Å². The average molecular weight is 584 g/mol. The summed E-state index contributed by atoms with van der Waals surface area (Å²) >= 11 is 0. The van der Waals surface area contributed by atoms with Crippen molar-refractivity contribution in [2.75, 3.05) is 56.6 Å². The SMILES string of the molecule is CCN1CCCN(Cc2ccc3cccc(C(=O)Nc4cc(NC(=O)c5ccc6c(c5)OCCO6)ccc4F)c3n2)CC1. The Morgan fingerprint density at radius 2 is 1.67 bits per heavy atom. The van der Waals surface area contributed by atoms with Crippen molar-refractivity contribution in [1.29, 1.82) is 0 Å². The molecule has 0 bridgehead atoms. The van der Waals surface area contributed by atoms with Gasteiger partial charge in [-0.05, 0) is 74.6 Å². The van der Waals surface area contributed by atoms with Crippen LogP contribution in [-0.2, 0) is 6.54 Å². The molecule has 222 valence electrons. The summed E-state index contributed by atoms with van der Waals surface area (Å²) in [5.41, 5.74) is 2.42. The van der Waals surface area contributed by atoms with Gasteiger partial charge in [0.25, 0.3) is 11.8 Å². The van der Waals surface area contributed by atoms with Crippen LogP contribution in [0.5, 0.6) is 11.5 Å². The first-order valence-electron chi connectivity index (χ1n) is 14.6. The van der Waals surface area contributed by atoms with Crippen molar-refractivity contribution in [3.05, 3.63) is 89.4 Å². The molecule has 0 radical (unpaired) electrons. The summed E-state index contributed by atoms with van der Waals surface area (Å²) in [6.07, 6.45) is 1.11. The number of carbonyl (C=O) groups is 2. The molecule has 1 fully saturated rings. The Morgan fingerprint density at radius 3 is 2.53 bits per heavy atom. The van der Waals surface area contributed by atoms with Crippen molar-refractivity contribution in [3.8, 4) is 11.5 Å². The lowest BCUT2D eigenvalue weighted by Crippen LogP contribution is -2.30. The fourth-order valence-electron chi connectivity index (χ4n) is 5.46. The van der Waals surface area contributed by atoms with Crippen molar-refractivity contribution >= 4 is 34.1 Å². The van der Waals surface area contributed by atoms with Crippen LogP contribution in [0.2, 0.25) is 0 Å². The summed E-state index contributed by atoms with van der Waals surface area (Å²) < 4.78 is 25.9. The van der Waals surface area contributed by atoms with E-state index in [9.17, 15) is 14.0 Å². The Labute approximate surface area is 249 Å². The Morgan fingerprint density at radius 1 is 0.860 bits per heavy atom. The summed E-state index contributed by atoms with van der Waals surface area (Å²) in [4.78, 5) is 36.1. The molecule has 2 amide bonds. The summed E-state index contributed by atoms with van der Waals surface area (Å²) in [6.45, 7) is 8.89. The van der Waals surface area contributed by atoms with Crippen molar-refractivity contribution in [3.63, 3.8) is 0 Å². The van der Waals surface area contributed by atoms with Gasteiger partial charge in [-0.1, -0.05) is 25.1 Å². The first-order chi connectivity index (χ1) is 21.0. The monoisotopic (exact) mass is 583 g/mol.